The molecule has 0 aliphatic carbocycles. The average molecular weight is 406 g/mol. The zero-order valence-electron chi connectivity index (χ0n) is 17.4. The molecule has 0 aromatic heterocycles. The van der Waals surface area contributed by atoms with Crippen LogP contribution in [0, 0.1) is 11.8 Å². The van der Waals surface area contributed by atoms with Crippen LogP contribution in [0.5, 0.6) is 11.5 Å². The fraction of sp³-hybridized carbons (Fsp3) is 0.333. The van der Waals surface area contributed by atoms with Crippen LogP contribution in [-0.2, 0) is 16.0 Å². The first-order chi connectivity index (χ1) is 14.6. The Morgan fingerprint density at radius 3 is 2.53 bits per heavy atom. The van der Waals surface area contributed by atoms with Gasteiger partial charge in [0.1, 0.15) is 0 Å². The maximum absolute atomic E-state index is 12.1. The Hall–Kier alpha value is -3.46. The second kappa shape index (κ2) is 10.4. The lowest BCUT2D eigenvalue weighted by Gasteiger charge is -2.26. The molecule has 2 aromatic rings. The molecule has 2 amide bonds. The van der Waals surface area contributed by atoms with Gasteiger partial charge in [-0.2, -0.15) is 0 Å². The van der Waals surface area contributed by atoms with Gasteiger partial charge in [-0.1, -0.05) is 17.9 Å². The van der Waals surface area contributed by atoms with E-state index in [1.165, 1.54) is 0 Å². The Balaban J connectivity index is 1.50. The van der Waals surface area contributed by atoms with Crippen molar-refractivity contribution in [1.82, 2.24) is 5.32 Å². The molecule has 1 N–H and O–H groups in total. The van der Waals surface area contributed by atoms with E-state index in [-0.39, 0.29) is 24.8 Å². The van der Waals surface area contributed by atoms with E-state index in [1.54, 1.807) is 26.4 Å². The van der Waals surface area contributed by atoms with E-state index in [1.807, 2.05) is 35.2 Å². The van der Waals surface area contributed by atoms with Crippen molar-refractivity contribution in [2.45, 2.75) is 25.7 Å². The van der Waals surface area contributed by atoms with Crippen LogP contribution < -0.4 is 19.7 Å². The monoisotopic (exact) mass is 406 g/mol. The van der Waals surface area contributed by atoms with Crippen LogP contribution in [0.15, 0.2) is 42.5 Å². The number of methoxy groups -OCH3 is 2. The third-order valence-corrected chi connectivity index (χ3v) is 4.92. The zero-order chi connectivity index (χ0) is 21.3. The Kier molecular flexibility index (Phi) is 7.34. The number of carbonyl (C=O) groups is 2. The molecule has 6 heteroatoms. The van der Waals surface area contributed by atoms with Crippen molar-refractivity contribution in [2.24, 2.45) is 0 Å². The summed E-state index contributed by atoms with van der Waals surface area (Å²) >= 11 is 0. The van der Waals surface area contributed by atoms with E-state index in [9.17, 15) is 9.59 Å². The second-order valence-electron chi connectivity index (χ2n) is 6.99. The van der Waals surface area contributed by atoms with E-state index in [0.717, 1.165) is 36.2 Å². The highest BCUT2D eigenvalue weighted by atomic mass is 16.5. The van der Waals surface area contributed by atoms with Crippen molar-refractivity contribution in [3.63, 3.8) is 0 Å². The predicted octanol–water partition coefficient (Wildman–Crippen LogP) is 2.93. The van der Waals surface area contributed by atoms with Crippen LogP contribution in [0.4, 0.5) is 5.69 Å². The van der Waals surface area contributed by atoms with Gasteiger partial charge in [0.25, 0.3) is 0 Å². The number of nitrogens with zero attached hydrogens (tertiary/aromatic N) is 1. The molecule has 30 heavy (non-hydrogen) atoms. The highest BCUT2D eigenvalue weighted by Gasteiger charge is 2.19. The van der Waals surface area contributed by atoms with Crippen LogP contribution >= 0.6 is 0 Å². The molecule has 1 fully saturated rings. The number of anilines is 1. The third-order valence-electron chi connectivity index (χ3n) is 4.92. The summed E-state index contributed by atoms with van der Waals surface area (Å²) in [5, 5.41) is 2.80. The van der Waals surface area contributed by atoms with Gasteiger partial charge in [0, 0.05) is 24.2 Å². The number of ether oxygens (including phenoxy) is 2. The summed E-state index contributed by atoms with van der Waals surface area (Å²) in [6.07, 6.45) is 2.86. The Bertz CT molecular complexity index is 957. The molecule has 2 aromatic carbocycles. The Morgan fingerprint density at radius 2 is 1.83 bits per heavy atom. The molecule has 0 atom stereocenters. The normalized spacial score (nSPS) is 13.3. The van der Waals surface area contributed by atoms with Gasteiger partial charge in [-0.15, -0.1) is 0 Å². The molecule has 0 bridgehead atoms. The highest BCUT2D eigenvalue weighted by Crippen LogP contribution is 2.27. The first-order valence-electron chi connectivity index (χ1n) is 9.97. The summed E-state index contributed by atoms with van der Waals surface area (Å²) in [6.45, 7) is 1.04. The minimum atomic E-state index is -0.115. The molecule has 1 aliphatic rings. The average Bonchev–Trinajstić information content (AvgIpc) is 2.77. The minimum absolute atomic E-state index is 0.115. The highest BCUT2D eigenvalue weighted by molar-refractivity contribution is 5.94. The molecule has 1 saturated heterocycles. The maximum atomic E-state index is 12.1. The number of carbonyl (C=O) groups excluding carboxylic acids is 2. The SMILES string of the molecule is COc1ccc(CC(=O)NCC#Cc2ccc(N3CCCCC3=O)cc2)cc1OC. The van der Waals surface area contributed by atoms with Crippen molar-refractivity contribution >= 4 is 17.5 Å². The molecular formula is C24H26N2O4. The minimum Gasteiger partial charge on any atom is -0.493 e. The molecule has 1 aliphatic heterocycles. The van der Waals surface area contributed by atoms with Gasteiger partial charge in [-0.05, 0) is 54.8 Å². The predicted molar refractivity (Wildman–Crippen MR) is 116 cm³/mol. The van der Waals surface area contributed by atoms with Crippen LogP contribution in [0.3, 0.4) is 0 Å². The molecule has 6 nitrogen and oxygen atoms in total. The first-order valence-corrected chi connectivity index (χ1v) is 9.97. The number of hydrogen-bond donors (Lipinski definition) is 1. The molecule has 0 radical (unpaired) electrons. The molecular weight excluding hydrogens is 380 g/mol. The largest absolute Gasteiger partial charge is 0.493 e. The van der Waals surface area contributed by atoms with E-state index in [2.05, 4.69) is 17.2 Å². The summed E-state index contributed by atoms with van der Waals surface area (Å²) in [5.74, 6) is 7.28. The topological polar surface area (TPSA) is 67.9 Å². The molecule has 1 heterocycles. The van der Waals surface area contributed by atoms with E-state index < -0.39 is 0 Å². The van der Waals surface area contributed by atoms with Crippen molar-refractivity contribution in [3.8, 4) is 23.3 Å². The zero-order valence-corrected chi connectivity index (χ0v) is 17.4. The lowest BCUT2D eigenvalue weighted by Crippen LogP contribution is -2.35. The summed E-state index contributed by atoms with van der Waals surface area (Å²) in [4.78, 5) is 26.0. The number of rotatable bonds is 6. The Morgan fingerprint density at radius 1 is 1.07 bits per heavy atom. The third kappa shape index (κ3) is 5.54. The first kappa shape index (κ1) is 21.3. The van der Waals surface area contributed by atoms with Crippen molar-refractivity contribution in [1.29, 1.82) is 0 Å². The van der Waals surface area contributed by atoms with E-state index >= 15 is 0 Å². The van der Waals surface area contributed by atoms with Gasteiger partial charge < -0.3 is 19.7 Å². The standard InChI is InChI=1S/C24H26N2O4/c1-29-21-13-10-19(16-22(21)30-2)17-23(27)25-14-5-6-18-8-11-20(12-9-18)26-15-4-3-7-24(26)28/h8-13,16H,3-4,7,14-15,17H2,1-2H3,(H,25,27). The van der Waals surface area contributed by atoms with Gasteiger partial charge >= 0.3 is 0 Å². The number of nitrogens with one attached hydrogen (secondary N) is 1. The molecule has 156 valence electrons. The van der Waals surface area contributed by atoms with E-state index in [0.29, 0.717) is 17.9 Å². The number of piperidine rings is 1. The van der Waals surface area contributed by atoms with Gasteiger partial charge in [0.15, 0.2) is 11.5 Å². The van der Waals surface area contributed by atoms with Gasteiger partial charge in [-0.3, -0.25) is 9.59 Å². The maximum Gasteiger partial charge on any atom is 0.226 e. The summed E-state index contributed by atoms with van der Waals surface area (Å²) < 4.78 is 10.5. The lowest BCUT2D eigenvalue weighted by atomic mass is 10.1. The lowest BCUT2D eigenvalue weighted by molar-refractivity contribution is -0.120. The van der Waals surface area contributed by atoms with E-state index in [4.69, 9.17) is 9.47 Å². The van der Waals surface area contributed by atoms with Crippen molar-refractivity contribution in [2.75, 3.05) is 32.2 Å². The van der Waals surface area contributed by atoms with Crippen molar-refractivity contribution < 1.29 is 19.1 Å². The summed E-state index contributed by atoms with van der Waals surface area (Å²) in [5.41, 5.74) is 2.59. The molecule has 3 rings (SSSR count). The van der Waals surface area contributed by atoms with Crippen molar-refractivity contribution in [3.05, 3.63) is 53.6 Å². The molecule has 0 unspecified atom stereocenters. The quantitative estimate of drug-likeness (QED) is 0.749. The number of benzene rings is 2. The van der Waals surface area contributed by atoms with Gasteiger partial charge in [0.05, 0.1) is 27.2 Å². The van der Waals surface area contributed by atoms with Gasteiger partial charge in [0.2, 0.25) is 11.8 Å². The van der Waals surface area contributed by atoms with Gasteiger partial charge in [-0.25, -0.2) is 0 Å². The summed E-state index contributed by atoms with van der Waals surface area (Å²) in [6, 6.07) is 13.0. The molecule has 0 spiro atoms. The van der Waals surface area contributed by atoms with Crippen LogP contribution in [0.25, 0.3) is 0 Å². The number of amides is 2. The van der Waals surface area contributed by atoms with Crippen LogP contribution in [0.2, 0.25) is 0 Å². The summed E-state index contributed by atoms with van der Waals surface area (Å²) in [7, 11) is 3.14. The fourth-order valence-electron chi connectivity index (χ4n) is 3.33. The fourth-order valence-corrected chi connectivity index (χ4v) is 3.33. The van der Waals surface area contributed by atoms with Crippen LogP contribution in [0.1, 0.15) is 30.4 Å². The molecule has 0 saturated carbocycles. The van der Waals surface area contributed by atoms with Crippen LogP contribution in [-0.4, -0.2) is 39.1 Å². The Labute approximate surface area is 177 Å². The number of hydrogen-bond acceptors (Lipinski definition) is 4. The second-order valence-corrected chi connectivity index (χ2v) is 6.99. The smallest absolute Gasteiger partial charge is 0.226 e.